The van der Waals surface area contributed by atoms with Gasteiger partial charge in [0.05, 0.1) is 19.0 Å². The van der Waals surface area contributed by atoms with Gasteiger partial charge in [-0.2, -0.15) is 0 Å². The Morgan fingerprint density at radius 3 is 1.53 bits per heavy atom. The van der Waals surface area contributed by atoms with Crippen LogP contribution >= 0.6 is 24.8 Å². The number of nitrogens with zero attached hydrogens (tertiary/aromatic N) is 2. The average Bonchev–Trinajstić information content (AvgIpc) is 2.67. The van der Waals surface area contributed by atoms with Crippen molar-refractivity contribution in [2.45, 2.75) is 38.0 Å². The zero-order chi connectivity index (χ0) is 11.0. The largest absolute Gasteiger partial charge is 0.311 e. The van der Waals surface area contributed by atoms with Crippen molar-refractivity contribution >= 4 is 36.6 Å². The molecular weight excluding hydrogens is 267 g/mol. The van der Waals surface area contributed by atoms with Crippen molar-refractivity contribution in [2.75, 3.05) is 6.67 Å². The van der Waals surface area contributed by atoms with Crippen LogP contribution in [-0.4, -0.2) is 40.6 Å². The van der Waals surface area contributed by atoms with Crippen LogP contribution in [0.4, 0.5) is 0 Å². The maximum atomic E-state index is 11.5. The molecule has 17 heavy (non-hydrogen) atoms. The van der Waals surface area contributed by atoms with Crippen LogP contribution in [0.2, 0.25) is 0 Å². The van der Waals surface area contributed by atoms with Gasteiger partial charge >= 0.3 is 0 Å². The van der Waals surface area contributed by atoms with Gasteiger partial charge in [0.15, 0.2) is 0 Å². The third kappa shape index (κ3) is 3.22. The van der Waals surface area contributed by atoms with Crippen molar-refractivity contribution in [3.63, 3.8) is 0 Å². The second-order valence-corrected chi connectivity index (χ2v) is 4.08. The summed E-state index contributed by atoms with van der Waals surface area (Å²) in [6, 6.07) is 0. The molecule has 2 aliphatic rings. The fraction of sp³-hybridized carbons (Fsp3) is 0.778. The lowest BCUT2D eigenvalue weighted by atomic mass is 10.3. The van der Waals surface area contributed by atoms with Crippen LogP contribution in [-0.2, 0) is 9.59 Å². The Kier molecular flexibility index (Phi) is 6.18. The minimum Gasteiger partial charge on any atom is -0.311 e. The summed E-state index contributed by atoms with van der Waals surface area (Å²) in [4.78, 5) is 26.0. The van der Waals surface area contributed by atoms with Gasteiger partial charge in [-0.25, -0.2) is 0 Å². The van der Waals surface area contributed by atoms with Crippen LogP contribution < -0.4 is 11.5 Å². The molecule has 0 aromatic rings. The molecule has 2 fully saturated rings. The molecule has 2 rings (SSSR count). The number of likely N-dealkylation sites (tertiary alicyclic amines) is 2. The number of rotatable bonds is 2. The maximum Gasteiger partial charge on any atom is 0.225 e. The molecule has 0 saturated carbocycles. The molecule has 2 amide bonds. The molecule has 6 nitrogen and oxygen atoms in total. The highest BCUT2D eigenvalue weighted by molar-refractivity contribution is 5.85. The molecule has 4 N–H and O–H groups in total. The number of hydrogen-bond donors (Lipinski definition) is 2. The number of halogens is 2. The van der Waals surface area contributed by atoms with E-state index in [1.807, 2.05) is 0 Å². The molecule has 100 valence electrons. The van der Waals surface area contributed by atoms with E-state index in [0.29, 0.717) is 25.7 Å². The monoisotopic (exact) mass is 284 g/mol. The summed E-state index contributed by atoms with van der Waals surface area (Å²) in [6.07, 6.45) is 1.74. The summed E-state index contributed by atoms with van der Waals surface area (Å²) in [6.45, 7) is 0.250. The Morgan fingerprint density at radius 1 is 0.941 bits per heavy atom. The fourth-order valence-corrected chi connectivity index (χ4v) is 2.04. The highest BCUT2D eigenvalue weighted by atomic mass is 35.5. The van der Waals surface area contributed by atoms with Crippen molar-refractivity contribution in [3.8, 4) is 0 Å². The van der Waals surface area contributed by atoms with Crippen molar-refractivity contribution in [1.29, 1.82) is 0 Å². The molecular formula is C9H18Cl2N4O2. The third-order valence-corrected chi connectivity index (χ3v) is 3.05. The average molecular weight is 285 g/mol. The van der Waals surface area contributed by atoms with Gasteiger partial charge in [0.1, 0.15) is 0 Å². The summed E-state index contributed by atoms with van der Waals surface area (Å²) in [5.41, 5.74) is 11.5. The van der Waals surface area contributed by atoms with E-state index in [4.69, 9.17) is 11.5 Å². The van der Waals surface area contributed by atoms with Crippen molar-refractivity contribution < 1.29 is 9.59 Å². The number of carbonyl (C=O) groups excluding carboxylic acids is 2. The molecule has 8 heteroatoms. The van der Waals surface area contributed by atoms with E-state index in [1.54, 1.807) is 0 Å². The predicted molar refractivity (Wildman–Crippen MR) is 67.5 cm³/mol. The van der Waals surface area contributed by atoms with Gasteiger partial charge in [-0.1, -0.05) is 0 Å². The lowest BCUT2D eigenvalue weighted by Crippen LogP contribution is -2.50. The number of amides is 2. The lowest BCUT2D eigenvalue weighted by molar-refractivity contribution is -0.137. The summed E-state index contributed by atoms with van der Waals surface area (Å²) < 4.78 is 0. The quantitative estimate of drug-likeness (QED) is 0.722. The molecule has 2 heterocycles. The van der Waals surface area contributed by atoms with Gasteiger partial charge in [-0.05, 0) is 12.8 Å². The summed E-state index contributed by atoms with van der Waals surface area (Å²) >= 11 is 0. The van der Waals surface area contributed by atoms with Crippen LogP contribution in [0.15, 0.2) is 0 Å². The zero-order valence-corrected chi connectivity index (χ0v) is 11.0. The van der Waals surface area contributed by atoms with Crippen molar-refractivity contribution in [2.24, 2.45) is 11.5 Å². The van der Waals surface area contributed by atoms with E-state index < -0.39 is 0 Å². The molecule has 0 bridgehead atoms. The van der Waals surface area contributed by atoms with E-state index in [2.05, 4.69) is 0 Å². The van der Waals surface area contributed by atoms with Crippen LogP contribution in [0.25, 0.3) is 0 Å². The summed E-state index contributed by atoms with van der Waals surface area (Å²) in [5.74, 6) is 0.0174. The molecule has 0 spiro atoms. The van der Waals surface area contributed by atoms with Gasteiger partial charge < -0.3 is 21.3 Å². The number of carbonyl (C=O) groups is 2. The summed E-state index contributed by atoms with van der Waals surface area (Å²) in [5, 5.41) is 0. The minimum absolute atomic E-state index is 0. The first-order valence-electron chi connectivity index (χ1n) is 5.19. The normalized spacial score (nSPS) is 28.1. The van der Waals surface area contributed by atoms with E-state index in [1.165, 1.54) is 9.80 Å². The SMILES string of the molecule is Cl.Cl.N[C@@H]1CCC(=O)N1CN1C(=O)CC[C@H]1N. The van der Waals surface area contributed by atoms with Gasteiger partial charge in [0, 0.05) is 12.8 Å². The molecule has 0 aromatic heterocycles. The maximum absolute atomic E-state index is 11.5. The molecule has 0 aliphatic carbocycles. The topological polar surface area (TPSA) is 92.7 Å². The highest BCUT2D eigenvalue weighted by Crippen LogP contribution is 2.20. The molecule has 0 unspecified atom stereocenters. The van der Waals surface area contributed by atoms with E-state index >= 15 is 0 Å². The lowest BCUT2D eigenvalue weighted by Gasteiger charge is -2.29. The smallest absolute Gasteiger partial charge is 0.225 e. The highest BCUT2D eigenvalue weighted by Gasteiger charge is 2.34. The Labute approximate surface area is 112 Å². The van der Waals surface area contributed by atoms with Gasteiger partial charge in [-0.15, -0.1) is 24.8 Å². The standard InChI is InChI=1S/C9H16N4O2.2ClH/c10-6-1-3-8(14)12(6)5-13-7(11)2-4-9(13)15;;/h6-7H,1-5,10-11H2;2*1H/t6-,7-;;/m0../s1. The van der Waals surface area contributed by atoms with E-state index in [9.17, 15) is 9.59 Å². The van der Waals surface area contributed by atoms with Crippen LogP contribution in [0.1, 0.15) is 25.7 Å². The second kappa shape index (κ2) is 6.39. The molecule has 0 radical (unpaired) electrons. The Balaban J connectivity index is 0.00000128. The first-order valence-corrected chi connectivity index (χ1v) is 5.19. The molecule has 2 aliphatic heterocycles. The predicted octanol–water partition coefficient (Wildman–Crippen LogP) is -0.398. The first kappa shape index (κ1) is 16.4. The van der Waals surface area contributed by atoms with Gasteiger partial charge in [-0.3, -0.25) is 9.59 Å². The van der Waals surface area contributed by atoms with Crippen molar-refractivity contribution in [1.82, 2.24) is 9.80 Å². The zero-order valence-electron chi connectivity index (χ0n) is 9.37. The van der Waals surface area contributed by atoms with E-state index in [-0.39, 0.29) is 55.6 Å². The van der Waals surface area contributed by atoms with Crippen molar-refractivity contribution in [3.05, 3.63) is 0 Å². The van der Waals surface area contributed by atoms with Crippen LogP contribution in [0.5, 0.6) is 0 Å². The molecule has 0 aromatic carbocycles. The molecule has 2 saturated heterocycles. The Morgan fingerprint density at radius 2 is 1.29 bits per heavy atom. The second-order valence-electron chi connectivity index (χ2n) is 4.08. The van der Waals surface area contributed by atoms with E-state index in [0.717, 1.165) is 0 Å². The number of hydrogen-bond acceptors (Lipinski definition) is 4. The Bertz CT molecular complexity index is 275. The molecule has 2 atom stereocenters. The van der Waals surface area contributed by atoms with Gasteiger partial charge in [0.2, 0.25) is 11.8 Å². The first-order chi connectivity index (χ1) is 7.09. The third-order valence-electron chi connectivity index (χ3n) is 3.05. The van der Waals surface area contributed by atoms with Gasteiger partial charge in [0.25, 0.3) is 0 Å². The van der Waals surface area contributed by atoms with Crippen LogP contribution in [0, 0.1) is 0 Å². The number of nitrogens with two attached hydrogens (primary N) is 2. The van der Waals surface area contributed by atoms with Crippen LogP contribution in [0.3, 0.4) is 0 Å². The Hall–Kier alpha value is -0.560. The summed E-state index contributed by atoms with van der Waals surface area (Å²) in [7, 11) is 0. The fourth-order valence-electron chi connectivity index (χ4n) is 2.04. The minimum atomic E-state index is -0.266.